The Morgan fingerprint density at radius 2 is 1.97 bits per heavy atom. The predicted octanol–water partition coefficient (Wildman–Crippen LogP) is 4.02. The fourth-order valence-electron chi connectivity index (χ4n) is 2.92. The zero-order valence-electron chi connectivity index (χ0n) is 18.6. The molecule has 8 nitrogen and oxygen atoms in total. The van der Waals surface area contributed by atoms with Gasteiger partial charge in [-0.05, 0) is 45.7 Å². The van der Waals surface area contributed by atoms with Crippen molar-refractivity contribution >= 4 is 36.0 Å². The Balaban J connectivity index is 0.00000341. The van der Waals surface area contributed by atoms with Gasteiger partial charge in [-0.2, -0.15) is 0 Å². The van der Waals surface area contributed by atoms with Crippen molar-refractivity contribution in [3.05, 3.63) is 42.3 Å². The van der Waals surface area contributed by atoms with Crippen molar-refractivity contribution in [1.29, 1.82) is 0 Å². The number of carbonyl (C=O) groups is 1. The molecule has 1 aliphatic carbocycles. The molecule has 0 spiro atoms. The molecule has 1 aromatic heterocycles. The zero-order valence-corrected chi connectivity index (χ0v) is 20.9. The molecule has 31 heavy (non-hydrogen) atoms. The minimum Gasteiger partial charge on any atom is -0.444 e. The number of ether oxygens (including phenoxy) is 1. The van der Waals surface area contributed by atoms with Crippen LogP contribution in [0.3, 0.4) is 0 Å². The lowest BCUT2D eigenvalue weighted by atomic mass is 10.2. The third-order valence-electron chi connectivity index (χ3n) is 4.49. The Hall–Kier alpha value is -2.30. The van der Waals surface area contributed by atoms with E-state index in [9.17, 15) is 4.79 Å². The Morgan fingerprint density at radius 1 is 1.26 bits per heavy atom. The molecule has 2 N–H and O–H groups in total. The average molecular weight is 541 g/mol. The molecule has 2 aromatic rings. The van der Waals surface area contributed by atoms with E-state index in [-0.39, 0.29) is 36.1 Å². The number of hydrogen-bond acceptors (Lipinski definition) is 5. The van der Waals surface area contributed by atoms with Crippen LogP contribution in [0.1, 0.15) is 39.3 Å². The van der Waals surface area contributed by atoms with E-state index in [1.54, 1.807) is 18.2 Å². The van der Waals surface area contributed by atoms with Gasteiger partial charge in [0.2, 0.25) is 5.89 Å². The van der Waals surface area contributed by atoms with Crippen LogP contribution in [-0.2, 0) is 11.3 Å². The predicted molar refractivity (Wildman–Crippen MR) is 132 cm³/mol. The highest BCUT2D eigenvalue weighted by Gasteiger charge is 2.34. The molecule has 0 saturated heterocycles. The number of nitrogens with one attached hydrogen (secondary N) is 2. The number of aliphatic imine (C=N–C) groups is 1. The van der Waals surface area contributed by atoms with Crippen LogP contribution in [0.2, 0.25) is 0 Å². The molecular formula is C22H32IN5O3. The van der Waals surface area contributed by atoms with Crippen molar-refractivity contribution in [3.63, 3.8) is 0 Å². The summed E-state index contributed by atoms with van der Waals surface area (Å²) in [6.07, 6.45) is 3.44. The van der Waals surface area contributed by atoms with Gasteiger partial charge in [0.25, 0.3) is 0 Å². The van der Waals surface area contributed by atoms with Crippen LogP contribution < -0.4 is 10.6 Å². The van der Waals surface area contributed by atoms with Crippen molar-refractivity contribution in [3.8, 4) is 11.5 Å². The molecule has 0 aliphatic heterocycles. The molecule has 1 heterocycles. The summed E-state index contributed by atoms with van der Waals surface area (Å²) < 4.78 is 11.1. The molecule has 170 valence electrons. The van der Waals surface area contributed by atoms with Crippen molar-refractivity contribution in [2.75, 3.05) is 20.1 Å². The number of oxazole rings is 1. The molecule has 1 fully saturated rings. The summed E-state index contributed by atoms with van der Waals surface area (Å²) in [5.74, 6) is 1.23. The van der Waals surface area contributed by atoms with Gasteiger partial charge in [0.05, 0.1) is 12.2 Å². The van der Waals surface area contributed by atoms with E-state index >= 15 is 0 Å². The number of rotatable bonds is 7. The first kappa shape index (κ1) is 25.0. The van der Waals surface area contributed by atoms with Crippen LogP contribution >= 0.6 is 24.0 Å². The summed E-state index contributed by atoms with van der Waals surface area (Å²) in [6.45, 7) is 7.26. The minimum absolute atomic E-state index is 0. The average Bonchev–Trinajstić information content (AvgIpc) is 3.43. The van der Waals surface area contributed by atoms with Crippen LogP contribution in [0.4, 0.5) is 4.79 Å². The summed E-state index contributed by atoms with van der Waals surface area (Å²) in [6, 6.07) is 10.1. The van der Waals surface area contributed by atoms with Crippen molar-refractivity contribution in [1.82, 2.24) is 20.5 Å². The lowest BCUT2D eigenvalue weighted by Gasteiger charge is -2.27. The second-order valence-corrected chi connectivity index (χ2v) is 8.27. The number of carbonyl (C=O) groups excluding carboxylic acids is 1. The van der Waals surface area contributed by atoms with Gasteiger partial charge in [-0.3, -0.25) is 4.99 Å². The normalized spacial score (nSPS) is 13.9. The highest BCUT2D eigenvalue weighted by Crippen LogP contribution is 2.28. The molecule has 0 atom stereocenters. The Morgan fingerprint density at radius 3 is 2.58 bits per heavy atom. The van der Waals surface area contributed by atoms with Gasteiger partial charge in [-0.25, -0.2) is 9.78 Å². The van der Waals surface area contributed by atoms with Gasteiger partial charge in [0.1, 0.15) is 11.9 Å². The van der Waals surface area contributed by atoms with E-state index in [4.69, 9.17) is 9.15 Å². The quantitative estimate of drug-likeness (QED) is 0.313. The third kappa shape index (κ3) is 8.04. The SMILES string of the molecule is CN=C(NCCN(C(=O)OC(C)(C)C)C1CC1)NCc1coc(-c2ccccc2)n1.I. The molecule has 1 saturated carbocycles. The lowest BCUT2D eigenvalue weighted by Crippen LogP contribution is -2.45. The molecule has 0 bridgehead atoms. The number of guanidine groups is 1. The van der Waals surface area contributed by atoms with Crippen molar-refractivity contribution in [2.24, 2.45) is 4.99 Å². The maximum Gasteiger partial charge on any atom is 0.410 e. The third-order valence-corrected chi connectivity index (χ3v) is 4.49. The lowest BCUT2D eigenvalue weighted by molar-refractivity contribution is 0.0238. The highest BCUT2D eigenvalue weighted by molar-refractivity contribution is 14.0. The van der Waals surface area contributed by atoms with E-state index in [1.165, 1.54) is 0 Å². The van der Waals surface area contributed by atoms with Crippen LogP contribution in [0, 0.1) is 0 Å². The Labute approximate surface area is 200 Å². The molecule has 9 heteroatoms. The number of hydrogen-bond donors (Lipinski definition) is 2. The number of benzene rings is 1. The number of nitrogens with zero attached hydrogens (tertiary/aromatic N) is 3. The van der Waals surface area contributed by atoms with Gasteiger partial charge in [-0.1, -0.05) is 18.2 Å². The fourth-order valence-corrected chi connectivity index (χ4v) is 2.92. The van der Waals surface area contributed by atoms with E-state index in [0.29, 0.717) is 31.5 Å². The first-order valence-electron chi connectivity index (χ1n) is 10.3. The Kier molecular flexibility index (Phi) is 9.15. The minimum atomic E-state index is -0.495. The van der Waals surface area contributed by atoms with E-state index in [2.05, 4.69) is 20.6 Å². The maximum absolute atomic E-state index is 12.4. The first-order valence-corrected chi connectivity index (χ1v) is 10.3. The molecule has 0 unspecified atom stereocenters. The smallest absolute Gasteiger partial charge is 0.410 e. The van der Waals surface area contributed by atoms with E-state index in [1.807, 2.05) is 51.1 Å². The van der Waals surface area contributed by atoms with Crippen LogP contribution in [0.25, 0.3) is 11.5 Å². The first-order chi connectivity index (χ1) is 14.4. The summed E-state index contributed by atoms with van der Waals surface area (Å²) in [5, 5.41) is 6.46. The van der Waals surface area contributed by atoms with Gasteiger partial charge >= 0.3 is 6.09 Å². The standard InChI is InChI=1S/C22H31N5O3.HI/c1-22(2,3)30-21(28)27(18-10-11-18)13-12-24-20(23-4)25-14-17-15-29-19(26-17)16-8-6-5-7-9-16;/h5-9,15,18H,10-14H2,1-4H3,(H2,23,24,25);1H. The largest absolute Gasteiger partial charge is 0.444 e. The van der Waals surface area contributed by atoms with E-state index < -0.39 is 5.60 Å². The molecular weight excluding hydrogens is 509 g/mol. The fraction of sp³-hybridized carbons (Fsp3) is 0.500. The van der Waals surface area contributed by atoms with Crippen LogP contribution in [0.15, 0.2) is 46.0 Å². The summed E-state index contributed by atoms with van der Waals surface area (Å²) >= 11 is 0. The van der Waals surface area contributed by atoms with Crippen molar-refractivity contribution < 1.29 is 13.9 Å². The van der Waals surface area contributed by atoms with Gasteiger partial charge < -0.3 is 24.7 Å². The molecule has 1 amide bonds. The Bertz CT molecular complexity index is 860. The van der Waals surface area contributed by atoms with Gasteiger partial charge in [0, 0.05) is 31.7 Å². The number of aromatic nitrogens is 1. The summed E-state index contributed by atoms with van der Waals surface area (Å²) in [7, 11) is 1.71. The zero-order chi connectivity index (χ0) is 21.6. The van der Waals surface area contributed by atoms with E-state index in [0.717, 1.165) is 24.1 Å². The van der Waals surface area contributed by atoms with Crippen molar-refractivity contribution in [2.45, 2.75) is 51.8 Å². The number of amides is 1. The molecule has 0 radical (unpaired) electrons. The monoisotopic (exact) mass is 541 g/mol. The second-order valence-electron chi connectivity index (χ2n) is 8.27. The van der Waals surface area contributed by atoms with Gasteiger partial charge in [-0.15, -0.1) is 24.0 Å². The topological polar surface area (TPSA) is 92.0 Å². The van der Waals surface area contributed by atoms with Crippen LogP contribution in [-0.4, -0.2) is 53.7 Å². The maximum atomic E-state index is 12.4. The van der Waals surface area contributed by atoms with Crippen LogP contribution in [0.5, 0.6) is 0 Å². The van der Waals surface area contributed by atoms with Gasteiger partial charge in [0.15, 0.2) is 5.96 Å². The molecule has 3 rings (SSSR count). The molecule has 1 aromatic carbocycles. The molecule has 1 aliphatic rings. The highest BCUT2D eigenvalue weighted by atomic mass is 127. The second kappa shape index (κ2) is 11.4. The summed E-state index contributed by atoms with van der Waals surface area (Å²) in [4.78, 5) is 23.0. The number of halogens is 1. The summed E-state index contributed by atoms with van der Waals surface area (Å²) in [5.41, 5.74) is 1.23.